The van der Waals surface area contributed by atoms with Gasteiger partial charge in [0.2, 0.25) is 5.91 Å². The van der Waals surface area contributed by atoms with Crippen LogP contribution in [-0.4, -0.2) is 71.0 Å². The van der Waals surface area contributed by atoms with E-state index in [4.69, 9.17) is 0 Å². The fourth-order valence-corrected chi connectivity index (χ4v) is 6.86. The van der Waals surface area contributed by atoms with E-state index in [1.807, 2.05) is 34.0 Å². The van der Waals surface area contributed by atoms with E-state index in [0.717, 1.165) is 5.75 Å². The van der Waals surface area contributed by atoms with E-state index >= 15 is 0 Å². The highest BCUT2D eigenvalue weighted by atomic mass is 32.2. The number of sulfone groups is 1. The van der Waals surface area contributed by atoms with E-state index in [-0.39, 0.29) is 41.6 Å². The Labute approximate surface area is 185 Å². The second-order valence-electron chi connectivity index (χ2n) is 10.1. The van der Waals surface area contributed by atoms with E-state index in [1.54, 1.807) is 11.8 Å². The van der Waals surface area contributed by atoms with E-state index < -0.39 is 26.8 Å². The van der Waals surface area contributed by atoms with Crippen molar-refractivity contribution in [1.82, 2.24) is 10.4 Å². The van der Waals surface area contributed by atoms with Crippen molar-refractivity contribution in [2.75, 3.05) is 23.5 Å². The number of carbonyl (C=O) groups excluding carboxylic acids is 2. The van der Waals surface area contributed by atoms with Crippen LogP contribution in [0, 0.1) is 11.8 Å². The maximum absolute atomic E-state index is 13.2. The number of thioether (sulfide) groups is 1. The second-order valence-corrected chi connectivity index (χ2v) is 13.4. The highest BCUT2D eigenvalue weighted by Gasteiger charge is 2.47. The predicted molar refractivity (Wildman–Crippen MR) is 120 cm³/mol. The zero-order valence-electron chi connectivity index (χ0n) is 18.9. The standard InChI is InChI=1S/C21H38N2O5S2/c1-20(2)13-16(14-21(3,4)23(20)26)18(24)12-15(6-9-29-5)19(25)22-17-7-10-30(27,28)11-8-17/h15-17,26H,6-14H2,1-5H3,(H,22,25). The van der Waals surface area contributed by atoms with Crippen LogP contribution in [0.2, 0.25) is 0 Å². The monoisotopic (exact) mass is 462 g/mol. The van der Waals surface area contributed by atoms with Crippen LogP contribution >= 0.6 is 11.8 Å². The molecule has 2 fully saturated rings. The minimum absolute atomic E-state index is 0.0803. The maximum atomic E-state index is 13.2. The number of ketones is 1. The van der Waals surface area contributed by atoms with Crippen molar-refractivity contribution in [2.45, 2.75) is 83.3 Å². The Morgan fingerprint density at radius 1 is 1.13 bits per heavy atom. The average Bonchev–Trinajstić information content (AvgIpc) is 2.64. The van der Waals surface area contributed by atoms with Crippen LogP contribution in [0.25, 0.3) is 0 Å². The minimum atomic E-state index is -2.98. The van der Waals surface area contributed by atoms with Crippen LogP contribution in [0.3, 0.4) is 0 Å². The molecule has 2 aliphatic heterocycles. The lowest BCUT2D eigenvalue weighted by Crippen LogP contribution is -2.60. The first-order chi connectivity index (χ1) is 13.8. The zero-order valence-corrected chi connectivity index (χ0v) is 20.6. The third-order valence-electron chi connectivity index (χ3n) is 6.48. The molecule has 0 aromatic carbocycles. The number of hydrogen-bond donors (Lipinski definition) is 2. The van der Waals surface area contributed by atoms with Crippen LogP contribution < -0.4 is 5.32 Å². The number of amides is 1. The van der Waals surface area contributed by atoms with Crippen molar-refractivity contribution >= 4 is 33.3 Å². The van der Waals surface area contributed by atoms with Crippen molar-refractivity contribution in [2.24, 2.45) is 11.8 Å². The first kappa shape index (κ1) is 25.6. The number of carbonyl (C=O) groups is 2. The topological polar surface area (TPSA) is 104 Å². The quantitative estimate of drug-likeness (QED) is 0.571. The number of hydrogen-bond acceptors (Lipinski definition) is 7. The van der Waals surface area contributed by atoms with Crippen molar-refractivity contribution < 1.29 is 23.2 Å². The van der Waals surface area contributed by atoms with Gasteiger partial charge in [-0.1, -0.05) is 0 Å². The molecule has 0 aromatic heterocycles. The second kappa shape index (κ2) is 9.88. The normalized spacial score (nSPS) is 25.5. The molecular weight excluding hydrogens is 424 g/mol. The summed E-state index contributed by atoms with van der Waals surface area (Å²) in [6.45, 7) is 7.74. The van der Waals surface area contributed by atoms with Crippen molar-refractivity contribution in [3.8, 4) is 0 Å². The fourth-order valence-electron chi connectivity index (χ4n) is 4.85. The number of nitrogens with one attached hydrogen (secondary N) is 1. The van der Waals surface area contributed by atoms with Crippen LogP contribution in [0.1, 0.15) is 66.2 Å². The third kappa shape index (κ3) is 6.68. The molecule has 174 valence electrons. The molecule has 1 amide bonds. The van der Waals surface area contributed by atoms with Crippen molar-refractivity contribution in [1.29, 1.82) is 0 Å². The third-order valence-corrected chi connectivity index (χ3v) is 8.84. The number of rotatable bonds is 8. The molecule has 0 radical (unpaired) electrons. The SMILES string of the molecule is CSCCC(CC(=O)C1CC(C)(C)N(O)C(C)(C)C1)C(=O)NC1CCS(=O)(=O)CC1. The molecule has 0 bridgehead atoms. The van der Waals surface area contributed by atoms with Crippen LogP contribution in [0.4, 0.5) is 0 Å². The van der Waals surface area contributed by atoms with Crippen LogP contribution in [-0.2, 0) is 19.4 Å². The predicted octanol–water partition coefficient (Wildman–Crippen LogP) is 2.67. The Balaban J connectivity index is 2.02. The molecule has 2 aliphatic rings. The van der Waals surface area contributed by atoms with Gasteiger partial charge in [-0.15, -0.1) is 0 Å². The Morgan fingerprint density at radius 2 is 1.67 bits per heavy atom. The van der Waals surface area contributed by atoms with Crippen LogP contribution in [0.15, 0.2) is 0 Å². The lowest BCUT2D eigenvalue weighted by Gasteiger charge is -2.51. The molecule has 0 aliphatic carbocycles. The van der Waals surface area contributed by atoms with Crippen LogP contribution in [0.5, 0.6) is 0 Å². The van der Waals surface area contributed by atoms with Gasteiger partial charge in [-0.25, -0.2) is 8.42 Å². The van der Waals surface area contributed by atoms with Gasteiger partial charge >= 0.3 is 0 Å². The Bertz CT molecular complexity index is 704. The number of Topliss-reactive ketones (excluding diaryl/α,β-unsaturated/α-hetero) is 1. The largest absolute Gasteiger partial charge is 0.353 e. The lowest BCUT2D eigenvalue weighted by molar-refractivity contribution is -0.249. The number of nitrogens with zero attached hydrogens (tertiary/aromatic N) is 1. The van der Waals surface area contributed by atoms with Gasteiger partial charge < -0.3 is 10.5 Å². The van der Waals surface area contributed by atoms with Gasteiger partial charge in [0.1, 0.15) is 15.6 Å². The molecule has 2 rings (SSSR count). The van der Waals surface area contributed by atoms with E-state index in [0.29, 0.717) is 32.1 Å². The van der Waals surface area contributed by atoms with Gasteiger partial charge in [-0.2, -0.15) is 16.8 Å². The van der Waals surface area contributed by atoms with Gasteiger partial charge in [-0.3, -0.25) is 9.59 Å². The van der Waals surface area contributed by atoms with Gasteiger partial charge in [0.05, 0.1) is 11.5 Å². The summed E-state index contributed by atoms with van der Waals surface area (Å²) in [7, 11) is -2.98. The lowest BCUT2D eigenvalue weighted by atomic mass is 9.72. The van der Waals surface area contributed by atoms with E-state index in [1.165, 1.54) is 5.06 Å². The molecule has 9 heteroatoms. The van der Waals surface area contributed by atoms with Gasteiger partial charge in [-0.05, 0) is 71.8 Å². The Hall–Kier alpha value is -0.640. The first-order valence-corrected chi connectivity index (χ1v) is 14.0. The zero-order chi connectivity index (χ0) is 22.7. The molecular formula is C21H38N2O5S2. The highest BCUT2D eigenvalue weighted by Crippen LogP contribution is 2.41. The Morgan fingerprint density at radius 3 is 2.17 bits per heavy atom. The van der Waals surface area contributed by atoms with Crippen molar-refractivity contribution in [3.63, 3.8) is 0 Å². The minimum Gasteiger partial charge on any atom is -0.353 e. The summed E-state index contributed by atoms with van der Waals surface area (Å²) in [6.07, 6.45) is 4.79. The summed E-state index contributed by atoms with van der Waals surface area (Å²) in [6, 6.07) is -0.136. The molecule has 0 aromatic rings. The first-order valence-electron chi connectivity index (χ1n) is 10.8. The summed E-state index contributed by atoms with van der Waals surface area (Å²) in [4.78, 5) is 26.1. The number of hydroxylamine groups is 2. The smallest absolute Gasteiger partial charge is 0.223 e. The average molecular weight is 463 g/mol. The van der Waals surface area contributed by atoms with Gasteiger partial charge in [0, 0.05) is 35.4 Å². The molecule has 2 N–H and O–H groups in total. The summed E-state index contributed by atoms with van der Waals surface area (Å²) < 4.78 is 23.2. The summed E-state index contributed by atoms with van der Waals surface area (Å²) in [5.74, 6) is 0.351. The highest BCUT2D eigenvalue weighted by molar-refractivity contribution is 7.98. The molecule has 0 saturated carbocycles. The molecule has 2 saturated heterocycles. The van der Waals surface area contributed by atoms with Crippen molar-refractivity contribution in [3.05, 3.63) is 0 Å². The maximum Gasteiger partial charge on any atom is 0.223 e. The summed E-state index contributed by atoms with van der Waals surface area (Å²) >= 11 is 1.65. The number of piperidine rings is 1. The molecule has 0 spiro atoms. The van der Waals surface area contributed by atoms with Gasteiger partial charge in [0.15, 0.2) is 0 Å². The fraction of sp³-hybridized carbons (Fsp3) is 0.905. The van der Waals surface area contributed by atoms with E-state index in [9.17, 15) is 23.2 Å². The molecule has 1 atom stereocenters. The summed E-state index contributed by atoms with van der Waals surface area (Å²) in [5, 5.41) is 14.8. The van der Waals surface area contributed by atoms with E-state index in [2.05, 4.69) is 5.32 Å². The summed E-state index contributed by atoms with van der Waals surface area (Å²) in [5.41, 5.74) is -1.01. The molecule has 30 heavy (non-hydrogen) atoms. The molecule has 1 unspecified atom stereocenters. The molecule has 7 nitrogen and oxygen atoms in total. The Kier molecular flexibility index (Phi) is 8.44. The molecule has 2 heterocycles. The van der Waals surface area contributed by atoms with Gasteiger partial charge in [0.25, 0.3) is 0 Å².